The number of phenolic OH excluding ortho intramolecular Hbond substituents is 1. The fourth-order valence-corrected chi connectivity index (χ4v) is 2.06. The lowest BCUT2D eigenvalue weighted by atomic mass is 10.2. The van der Waals surface area contributed by atoms with E-state index in [-0.39, 0.29) is 17.7 Å². The first-order chi connectivity index (χ1) is 9.01. The summed E-state index contributed by atoms with van der Waals surface area (Å²) < 4.78 is 0. The minimum Gasteiger partial charge on any atom is -0.506 e. The van der Waals surface area contributed by atoms with Crippen LogP contribution in [0.3, 0.4) is 0 Å². The Bertz CT molecular complexity index is 433. The summed E-state index contributed by atoms with van der Waals surface area (Å²) in [6.07, 6.45) is 0. The summed E-state index contributed by atoms with van der Waals surface area (Å²) in [7, 11) is 0. The standard InChI is InChI=1S/C14H21ClN2O2/c1-4-17(5-2)14(19)10(3)16-9-11-7-6-8-12(15)13(11)18/h6-8,10,16,18H,4-5,9H2,1-3H3. The molecule has 0 radical (unpaired) electrons. The van der Waals surface area contributed by atoms with Crippen LogP contribution in [0, 0.1) is 0 Å². The average Bonchev–Trinajstić information content (AvgIpc) is 2.41. The maximum Gasteiger partial charge on any atom is 0.239 e. The van der Waals surface area contributed by atoms with E-state index in [2.05, 4.69) is 5.32 Å². The number of para-hydroxylation sites is 1. The molecule has 1 atom stereocenters. The Labute approximate surface area is 119 Å². The number of amides is 1. The Morgan fingerprint density at radius 3 is 2.63 bits per heavy atom. The SMILES string of the molecule is CCN(CC)C(=O)C(C)NCc1cccc(Cl)c1O. The molecule has 19 heavy (non-hydrogen) atoms. The molecule has 0 saturated carbocycles. The highest BCUT2D eigenvalue weighted by molar-refractivity contribution is 6.32. The lowest BCUT2D eigenvalue weighted by Gasteiger charge is -2.23. The number of nitrogens with zero attached hydrogens (tertiary/aromatic N) is 1. The number of carbonyl (C=O) groups excluding carboxylic acids is 1. The maximum absolute atomic E-state index is 12.1. The second-order valence-corrected chi connectivity index (χ2v) is 4.77. The molecule has 5 heteroatoms. The first kappa shape index (κ1) is 15.8. The second kappa shape index (κ2) is 7.36. The second-order valence-electron chi connectivity index (χ2n) is 4.36. The molecule has 0 aliphatic rings. The smallest absolute Gasteiger partial charge is 0.239 e. The molecular formula is C14H21ClN2O2. The van der Waals surface area contributed by atoms with E-state index in [1.807, 2.05) is 20.8 Å². The molecule has 0 spiro atoms. The van der Waals surface area contributed by atoms with Crippen LogP contribution in [0.4, 0.5) is 0 Å². The number of phenols is 1. The molecule has 0 heterocycles. The number of hydrogen-bond donors (Lipinski definition) is 2. The van der Waals surface area contributed by atoms with Gasteiger partial charge in [-0.3, -0.25) is 4.79 Å². The predicted molar refractivity (Wildman–Crippen MR) is 77.3 cm³/mol. The topological polar surface area (TPSA) is 52.6 Å². The van der Waals surface area contributed by atoms with Crippen LogP contribution in [0.25, 0.3) is 0 Å². The van der Waals surface area contributed by atoms with Crippen LogP contribution in [0.5, 0.6) is 5.75 Å². The van der Waals surface area contributed by atoms with Gasteiger partial charge in [-0.25, -0.2) is 0 Å². The van der Waals surface area contributed by atoms with Crippen LogP contribution < -0.4 is 5.32 Å². The van der Waals surface area contributed by atoms with Crippen molar-refractivity contribution >= 4 is 17.5 Å². The van der Waals surface area contributed by atoms with Crippen LogP contribution in [0.2, 0.25) is 5.02 Å². The van der Waals surface area contributed by atoms with E-state index in [4.69, 9.17) is 11.6 Å². The van der Waals surface area contributed by atoms with Crippen molar-refractivity contribution < 1.29 is 9.90 Å². The number of carbonyl (C=O) groups is 1. The molecule has 1 aromatic carbocycles. The largest absolute Gasteiger partial charge is 0.506 e. The Balaban J connectivity index is 2.61. The van der Waals surface area contributed by atoms with Crippen molar-refractivity contribution in [3.05, 3.63) is 28.8 Å². The van der Waals surface area contributed by atoms with Crippen LogP contribution >= 0.6 is 11.6 Å². The summed E-state index contributed by atoms with van der Waals surface area (Å²) in [5.74, 6) is 0.130. The van der Waals surface area contributed by atoms with Crippen molar-refractivity contribution in [3.63, 3.8) is 0 Å². The van der Waals surface area contributed by atoms with Gasteiger partial charge in [0.05, 0.1) is 11.1 Å². The maximum atomic E-state index is 12.1. The van der Waals surface area contributed by atoms with Gasteiger partial charge >= 0.3 is 0 Å². The molecule has 4 nitrogen and oxygen atoms in total. The van der Waals surface area contributed by atoms with Crippen molar-refractivity contribution in [1.29, 1.82) is 0 Å². The van der Waals surface area contributed by atoms with E-state index in [1.54, 1.807) is 23.1 Å². The summed E-state index contributed by atoms with van der Waals surface area (Å²) in [6, 6.07) is 4.89. The van der Waals surface area contributed by atoms with Crippen molar-refractivity contribution in [1.82, 2.24) is 10.2 Å². The fourth-order valence-electron chi connectivity index (χ4n) is 1.86. The van der Waals surface area contributed by atoms with Gasteiger partial charge in [0, 0.05) is 25.2 Å². The molecule has 0 saturated heterocycles. The van der Waals surface area contributed by atoms with E-state index in [0.717, 1.165) is 0 Å². The van der Waals surface area contributed by atoms with E-state index in [0.29, 0.717) is 30.2 Å². The van der Waals surface area contributed by atoms with Crippen molar-refractivity contribution in [2.24, 2.45) is 0 Å². The van der Waals surface area contributed by atoms with Crippen molar-refractivity contribution in [3.8, 4) is 5.75 Å². The van der Waals surface area contributed by atoms with Gasteiger partial charge in [-0.15, -0.1) is 0 Å². The minimum absolute atomic E-state index is 0.0616. The Morgan fingerprint density at radius 2 is 2.05 bits per heavy atom. The zero-order chi connectivity index (χ0) is 14.4. The number of nitrogens with one attached hydrogen (secondary N) is 1. The van der Waals surface area contributed by atoms with Crippen LogP contribution in [-0.2, 0) is 11.3 Å². The minimum atomic E-state index is -0.293. The van der Waals surface area contributed by atoms with E-state index in [1.165, 1.54) is 0 Å². The monoisotopic (exact) mass is 284 g/mol. The molecule has 0 bridgehead atoms. The fraction of sp³-hybridized carbons (Fsp3) is 0.500. The van der Waals surface area contributed by atoms with Gasteiger partial charge in [-0.05, 0) is 26.8 Å². The third-order valence-electron chi connectivity index (χ3n) is 3.11. The van der Waals surface area contributed by atoms with Gasteiger partial charge in [0.15, 0.2) is 0 Å². The molecule has 0 aromatic heterocycles. The van der Waals surface area contributed by atoms with E-state index >= 15 is 0 Å². The van der Waals surface area contributed by atoms with Crippen molar-refractivity contribution in [2.75, 3.05) is 13.1 Å². The third-order valence-corrected chi connectivity index (χ3v) is 3.42. The molecule has 0 aliphatic carbocycles. The molecule has 1 rings (SSSR count). The Hall–Kier alpha value is -1.26. The molecule has 1 aromatic rings. The average molecular weight is 285 g/mol. The molecule has 106 valence electrons. The van der Waals surface area contributed by atoms with Crippen molar-refractivity contribution in [2.45, 2.75) is 33.4 Å². The summed E-state index contributed by atoms with van der Waals surface area (Å²) in [6.45, 7) is 7.53. The summed E-state index contributed by atoms with van der Waals surface area (Å²) in [5.41, 5.74) is 0.687. The van der Waals surface area contributed by atoms with Gasteiger partial charge in [0.25, 0.3) is 0 Å². The lowest BCUT2D eigenvalue weighted by molar-refractivity contribution is -0.132. The van der Waals surface area contributed by atoms with Gasteiger partial charge in [0.1, 0.15) is 5.75 Å². The first-order valence-corrected chi connectivity index (χ1v) is 6.87. The van der Waals surface area contributed by atoms with Gasteiger partial charge in [-0.2, -0.15) is 0 Å². The van der Waals surface area contributed by atoms with E-state index < -0.39 is 0 Å². The highest BCUT2D eigenvalue weighted by Crippen LogP contribution is 2.26. The molecule has 0 aliphatic heterocycles. The molecular weight excluding hydrogens is 264 g/mol. The van der Waals surface area contributed by atoms with Gasteiger partial charge in [0.2, 0.25) is 5.91 Å². The number of hydrogen-bond acceptors (Lipinski definition) is 3. The number of halogens is 1. The van der Waals surface area contributed by atoms with E-state index in [9.17, 15) is 9.90 Å². The Kier molecular flexibility index (Phi) is 6.12. The van der Waals surface area contributed by atoms with Gasteiger partial charge < -0.3 is 15.3 Å². The summed E-state index contributed by atoms with van der Waals surface area (Å²) >= 11 is 5.83. The molecule has 1 unspecified atom stereocenters. The third kappa shape index (κ3) is 4.11. The highest BCUT2D eigenvalue weighted by Gasteiger charge is 2.17. The molecule has 0 fully saturated rings. The van der Waals surface area contributed by atoms with Gasteiger partial charge in [-0.1, -0.05) is 23.7 Å². The first-order valence-electron chi connectivity index (χ1n) is 6.49. The van der Waals surface area contributed by atoms with Crippen LogP contribution in [-0.4, -0.2) is 35.0 Å². The van der Waals surface area contributed by atoms with Crippen LogP contribution in [0.1, 0.15) is 26.3 Å². The number of likely N-dealkylation sites (N-methyl/N-ethyl adjacent to an activating group) is 1. The number of benzene rings is 1. The number of aromatic hydroxyl groups is 1. The zero-order valence-electron chi connectivity index (χ0n) is 11.6. The molecule has 1 amide bonds. The lowest BCUT2D eigenvalue weighted by Crippen LogP contribution is -2.44. The zero-order valence-corrected chi connectivity index (χ0v) is 12.4. The normalized spacial score (nSPS) is 12.2. The predicted octanol–water partition coefficient (Wildman–Crippen LogP) is 2.39. The highest BCUT2D eigenvalue weighted by atomic mass is 35.5. The summed E-state index contributed by atoms with van der Waals surface area (Å²) in [5, 5.41) is 13.2. The quantitative estimate of drug-likeness (QED) is 0.843. The molecule has 2 N–H and O–H groups in total. The Morgan fingerprint density at radius 1 is 1.42 bits per heavy atom. The number of rotatable bonds is 6. The summed E-state index contributed by atoms with van der Waals surface area (Å²) in [4.78, 5) is 13.8. The van der Waals surface area contributed by atoms with Crippen LogP contribution in [0.15, 0.2) is 18.2 Å².